The van der Waals surface area contributed by atoms with E-state index in [9.17, 15) is 24.5 Å². The highest BCUT2D eigenvalue weighted by molar-refractivity contribution is 7.47. The van der Waals surface area contributed by atoms with Gasteiger partial charge in [0.2, 0.25) is 5.91 Å². The van der Waals surface area contributed by atoms with Crippen LogP contribution in [0.4, 0.5) is 0 Å². The summed E-state index contributed by atoms with van der Waals surface area (Å²) in [5, 5.41) is 24.8. The first-order valence-electron chi connectivity index (χ1n) is 32.4. The number of phosphoric ester groups is 1. The van der Waals surface area contributed by atoms with Crippen LogP contribution in [0, 0.1) is 0 Å². The van der Waals surface area contributed by atoms with E-state index in [0.717, 1.165) is 70.6 Å². The fourth-order valence-corrected chi connectivity index (χ4v) is 10.2. The van der Waals surface area contributed by atoms with Crippen LogP contribution in [-0.4, -0.2) is 84.6 Å². The highest BCUT2D eigenvalue weighted by Crippen LogP contribution is 2.43. The number of allylic oxidation sites excluding steroid dienone is 12. The van der Waals surface area contributed by atoms with Crippen molar-refractivity contribution in [3.05, 3.63) is 72.9 Å². The minimum absolute atomic E-state index is 0.0138. The molecule has 0 aromatic carbocycles. The number of phosphoric acid groups is 1. The van der Waals surface area contributed by atoms with E-state index in [1.54, 1.807) is 0 Å². The van der Waals surface area contributed by atoms with E-state index in [1.807, 2.05) is 21.1 Å². The molecule has 0 rings (SSSR count). The minimum Gasteiger partial charge on any atom is -0.390 e. The molecule has 4 N–H and O–H groups in total. The van der Waals surface area contributed by atoms with Gasteiger partial charge in [-0.2, -0.15) is 0 Å². The van der Waals surface area contributed by atoms with Crippen molar-refractivity contribution in [2.75, 3.05) is 40.9 Å². The normalized spacial score (nSPS) is 14.6. The lowest BCUT2D eigenvalue weighted by Crippen LogP contribution is -2.51. The third-order valence-corrected chi connectivity index (χ3v) is 15.5. The van der Waals surface area contributed by atoms with Gasteiger partial charge in [0.15, 0.2) is 0 Å². The van der Waals surface area contributed by atoms with Crippen molar-refractivity contribution < 1.29 is 38.0 Å². The number of nitrogens with one attached hydrogen (secondary N) is 1. The standard InChI is InChI=1S/C67H125N2O7P/c1-6-8-10-12-14-16-18-20-21-22-23-24-25-26-27-28-29-30-31-32-33-34-35-36-37-38-39-40-41-42-43-44-45-46-47-48-50-52-54-56-58-60-66(71)68-64(63-76-77(73,74)75-62-61-69(3,4)5)67(72)65(70)59-57-55-53-51-49-19-17-15-13-11-9-7-2/h8,10,14-17,20-21,23-24,51,53,64-65,67,70,72H,6-7,9,11-13,18-19,22,25-50,52,54-63H2,1-5H3,(H-,68,71,73,74)/p+1/b10-8-,16-14-,17-15+,21-20-,24-23-,53-51+. The van der Waals surface area contributed by atoms with Gasteiger partial charge in [-0.15, -0.1) is 0 Å². The molecule has 0 bridgehead atoms. The van der Waals surface area contributed by atoms with Gasteiger partial charge in [-0.25, -0.2) is 4.57 Å². The SMILES string of the molecule is CC/C=C\C/C=C\C/C=C\C/C=C\CCCCCCCCCCCCCCCCCCCCCCCCCCCCCCC(=O)NC(COP(=O)(O)OCC[N+](C)(C)C)C(O)C(O)CCC/C=C/CC/C=C/CCCCC. The highest BCUT2D eigenvalue weighted by Gasteiger charge is 2.32. The zero-order valence-corrected chi connectivity index (χ0v) is 52.0. The molecule has 0 radical (unpaired) electrons. The number of likely N-dealkylation sites (N-methyl/N-ethyl adjacent to an activating group) is 1. The summed E-state index contributed by atoms with van der Waals surface area (Å²) in [5.41, 5.74) is 0. The molecule has 0 aliphatic carbocycles. The molecule has 77 heavy (non-hydrogen) atoms. The monoisotopic (exact) mass is 1100 g/mol. The van der Waals surface area contributed by atoms with Crippen LogP contribution in [0.1, 0.15) is 290 Å². The smallest absolute Gasteiger partial charge is 0.390 e. The lowest BCUT2D eigenvalue weighted by atomic mass is 10.0. The second kappa shape index (κ2) is 57.1. The summed E-state index contributed by atoms with van der Waals surface area (Å²) in [5.74, 6) is -0.269. The maximum Gasteiger partial charge on any atom is 0.472 e. The minimum atomic E-state index is -4.43. The number of rotatable bonds is 59. The van der Waals surface area contributed by atoms with Crippen LogP contribution in [0.15, 0.2) is 72.9 Å². The highest BCUT2D eigenvalue weighted by atomic mass is 31.2. The predicted molar refractivity (Wildman–Crippen MR) is 333 cm³/mol. The first kappa shape index (κ1) is 74.9. The van der Waals surface area contributed by atoms with E-state index in [2.05, 4.69) is 92.1 Å². The van der Waals surface area contributed by atoms with Gasteiger partial charge < -0.3 is 24.9 Å². The lowest BCUT2D eigenvalue weighted by Gasteiger charge is -2.28. The van der Waals surface area contributed by atoms with Crippen LogP contribution in [0.5, 0.6) is 0 Å². The van der Waals surface area contributed by atoms with Crippen molar-refractivity contribution in [2.24, 2.45) is 0 Å². The Kier molecular flexibility index (Phi) is 55.6. The maximum absolute atomic E-state index is 13.0. The molecule has 0 aliphatic heterocycles. The molecule has 0 spiro atoms. The van der Waals surface area contributed by atoms with Crippen molar-refractivity contribution in [3.8, 4) is 0 Å². The molecule has 0 saturated heterocycles. The third kappa shape index (κ3) is 58.4. The Bertz CT molecular complexity index is 1500. The molecule has 4 unspecified atom stereocenters. The van der Waals surface area contributed by atoms with E-state index in [-0.39, 0.29) is 18.9 Å². The number of amides is 1. The predicted octanol–water partition coefficient (Wildman–Crippen LogP) is 19.2. The average molecular weight is 1100 g/mol. The van der Waals surface area contributed by atoms with E-state index in [1.165, 1.54) is 186 Å². The van der Waals surface area contributed by atoms with Gasteiger partial charge in [-0.3, -0.25) is 13.8 Å². The molecular formula is C67H126N2O7P+. The number of aliphatic hydroxyl groups is 2. The number of nitrogens with zero attached hydrogens (tertiary/aromatic N) is 1. The quantitative estimate of drug-likeness (QED) is 0.0207. The van der Waals surface area contributed by atoms with Crippen molar-refractivity contribution >= 4 is 13.7 Å². The van der Waals surface area contributed by atoms with E-state index >= 15 is 0 Å². The fourth-order valence-electron chi connectivity index (χ4n) is 9.45. The van der Waals surface area contributed by atoms with Gasteiger partial charge >= 0.3 is 7.82 Å². The van der Waals surface area contributed by atoms with Crippen LogP contribution >= 0.6 is 7.82 Å². The molecule has 0 heterocycles. The molecule has 0 fully saturated rings. The lowest BCUT2D eigenvalue weighted by molar-refractivity contribution is -0.870. The number of quaternary nitrogens is 1. The molecule has 0 aromatic heterocycles. The Morgan fingerprint density at radius 2 is 0.818 bits per heavy atom. The number of unbranched alkanes of at least 4 members (excludes halogenated alkanes) is 33. The molecule has 0 aliphatic rings. The zero-order chi connectivity index (χ0) is 56.4. The molecule has 0 aromatic rings. The van der Waals surface area contributed by atoms with Crippen molar-refractivity contribution in [3.63, 3.8) is 0 Å². The number of hydrogen-bond acceptors (Lipinski definition) is 6. The molecule has 10 heteroatoms. The van der Waals surface area contributed by atoms with Gasteiger partial charge in [-0.05, 0) is 89.9 Å². The fraction of sp³-hybridized carbons (Fsp3) is 0.806. The van der Waals surface area contributed by atoms with E-state index in [0.29, 0.717) is 23.9 Å². The Balaban J connectivity index is 3.91. The van der Waals surface area contributed by atoms with Gasteiger partial charge in [-0.1, -0.05) is 267 Å². The van der Waals surface area contributed by atoms with Crippen molar-refractivity contribution in [1.82, 2.24) is 5.32 Å². The second-order valence-electron chi connectivity index (χ2n) is 23.2. The molecule has 4 atom stereocenters. The van der Waals surface area contributed by atoms with Crippen molar-refractivity contribution in [2.45, 2.75) is 308 Å². The van der Waals surface area contributed by atoms with Crippen LogP contribution in [0.2, 0.25) is 0 Å². The largest absolute Gasteiger partial charge is 0.472 e. The topological polar surface area (TPSA) is 125 Å². The molecule has 1 amide bonds. The van der Waals surface area contributed by atoms with Crippen LogP contribution in [0.3, 0.4) is 0 Å². The Morgan fingerprint density at radius 3 is 1.23 bits per heavy atom. The van der Waals surface area contributed by atoms with E-state index < -0.39 is 32.7 Å². The first-order valence-corrected chi connectivity index (χ1v) is 33.9. The molecule has 450 valence electrons. The third-order valence-electron chi connectivity index (χ3n) is 14.5. The Labute approximate surface area is 477 Å². The zero-order valence-electron chi connectivity index (χ0n) is 51.1. The number of carbonyl (C=O) groups is 1. The summed E-state index contributed by atoms with van der Waals surface area (Å²) >= 11 is 0. The average Bonchev–Trinajstić information content (AvgIpc) is 3.39. The van der Waals surface area contributed by atoms with Crippen LogP contribution < -0.4 is 5.32 Å². The summed E-state index contributed by atoms with van der Waals surface area (Å²) in [7, 11) is 1.41. The van der Waals surface area contributed by atoms with Gasteiger partial charge in [0.1, 0.15) is 19.3 Å². The first-order chi connectivity index (χ1) is 37.4. The number of carbonyl (C=O) groups excluding carboxylic acids is 1. The Morgan fingerprint density at radius 1 is 0.468 bits per heavy atom. The number of aliphatic hydroxyl groups excluding tert-OH is 2. The Hall–Kier alpha value is -2.10. The number of hydrogen-bond donors (Lipinski definition) is 4. The molecule has 0 saturated carbocycles. The van der Waals surface area contributed by atoms with Crippen molar-refractivity contribution in [1.29, 1.82) is 0 Å². The summed E-state index contributed by atoms with van der Waals surface area (Å²) in [6, 6.07) is -1.06. The summed E-state index contributed by atoms with van der Waals surface area (Å²) < 4.78 is 23.6. The summed E-state index contributed by atoms with van der Waals surface area (Å²) in [4.78, 5) is 23.3. The molecular weight excluding hydrogens is 976 g/mol. The molecule has 9 nitrogen and oxygen atoms in total. The van der Waals surface area contributed by atoms with Gasteiger partial charge in [0, 0.05) is 6.42 Å². The van der Waals surface area contributed by atoms with E-state index in [4.69, 9.17) is 9.05 Å². The summed E-state index contributed by atoms with van der Waals surface area (Å²) in [6.45, 7) is 4.45. The van der Waals surface area contributed by atoms with Gasteiger partial charge in [0.05, 0.1) is 39.9 Å². The second-order valence-corrected chi connectivity index (χ2v) is 24.7. The van der Waals surface area contributed by atoms with Gasteiger partial charge in [0.25, 0.3) is 0 Å². The van der Waals surface area contributed by atoms with Crippen LogP contribution in [-0.2, 0) is 18.4 Å². The van der Waals surface area contributed by atoms with Crippen LogP contribution in [0.25, 0.3) is 0 Å². The maximum atomic E-state index is 13.0. The summed E-state index contributed by atoms with van der Waals surface area (Å²) in [6.07, 6.45) is 76.2.